The van der Waals surface area contributed by atoms with Crippen LogP contribution in [-0.4, -0.2) is 24.9 Å². The maximum absolute atomic E-state index is 13.8. The van der Waals surface area contributed by atoms with E-state index in [-0.39, 0.29) is 5.69 Å². The van der Waals surface area contributed by atoms with Crippen molar-refractivity contribution in [3.05, 3.63) is 28.5 Å². The summed E-state index contributed by atoms with van der Waals surface area (Å²) in [6, 6.07) is 3.15. The number of alkyl halides is 1. The van der Waals surface area contributed by atoms with Gasteiger partial charge in [0.2, 0.25) is 0 Å². The number of sulfone groups is 1. The van der Waals surface area contributed by atoms with Gasteiger partial charge in [0.15, 0.2) is 15.5 Å². The Hall–Kier alpha value is -0.490. The topological polar surface area (TPSA) is 47.0 Å². The normalized spacial score (nSPS) is 22.7. The highest BCUT2D eigenvalue weighted by Crippen LogP contribution is 2.37. The van der Waals surface area contributed by atoms with Gasteiger partial charge in [0, 0.05) is 10.7 Å². The zero-order chi connectivity index (χ0) is 10.4. The minimum Gasteiger partial charge on any atom is -0.257 e. The third kappa shape index (κ3) is 1.68. The van der Waals surface area contributed by atoms with E-state index in [0.717, 1.165) is 4.47 Å². The fraction of sp³-hybridized carbons (Fsp3) is 0.375. The van der Waals surface area contributed by atoms with E-state index in [0.29, 0.717) is 0 Å². The van der Waals surface area contributed by atoms with Crippen molar-refractivity contribution >= 4 is 25.8 Å². The van der Waals surface area contributed by atoms with Crippen LogP contribution in [0.15, 0.2) is 22.8 Å². The first kappa shape index (κ1) is 10.0. The van der Waals surface area contributed by atoms with Gasteiger partial charge in [-0.1, -0.05) is 0 Å². The highest BCUT2D eigenvalue weighted by molar-refractivity contribution is 9.10. The molecule has 0 spiro atoms. The van der Waals surface area contributed by atoms with Crippen molar-refractivity contribution in [1.82, 2.24) is 4.98 Å². The molecule has 0 radical (unpaired) electrons. The molecule has 1 saturated heterocycles. The Balaban J connectivity index is 2.29. The van der Waals surface area contributed by atoms with Crippen LogP contribution in [0.1, 0.15) is 5.69 Å². The van der Waals surface area contributed by atoms with Crippen LogP contribution in [0.4, 0.5) is 4.39 Å². The minimum absolute atomic E-state index is 0.190. The molecule has 1 aliphatic rings. The standard InChI is InChI=1S/C8H7BrFNO2S/c9-6-1-2-7(11-3-6)8(10)4-14(12,13)5-8/h1-3H,4-5H2. The molecule has 1 aliphatic heterocycles. The lowest BCUT2D eigenvalue weighted by molar-refractivity contribution is 0.198. The van der Waals surface area contributed by atoms with Crippen molar-refractivity contribution in [3.63, 3.8) is 0 Å². The first-order valence-electron chi connectivity index (χ1n) is 3.93. The van der Waals surface area contributed by atoms with E-state index in [1.54, 1.807) is 6.07 Å². The molecular formula is C8H7BrFNO2S. The van der Waals surface area contributed by atoms with Crippen LogP contribution in [0.25, 0.3) is 0 Å². The lowest BCUT2D eigenvalue weighted by Crippen LogP contribution is -2.49. The zero-order valence-corrected chi connectivity index (χ0v) is 9.48. The summed E-state index contributed by atoms with van der Waals surface area (Å²) in [6.45, 7) is 0. The fourth-order valence-corrected chi connectivity index (χ4v) is 3.28. The maximum atomic E-state index is 13.8. The average Bonchev–Trinajstić information content (AvgIpc) is 2.01. The summed E-state index contributed by atoms with van der Waals surface area (Å²) in [4.78, 5) is 3.85. The van der Waals surface area contributed by atoms with Crippen LogP contribution in [0, 0.1) is 0 Å². The summed E-state index contributed by atoms with van der Waals surface area (Å²) < 4.78 is 36.3. The Morgan fingerprint density at radius 2 is 2.07 bits per heavy atom. The molecule has 1 aromatic heterocycles. The van der Waals surface area contributed by atoms with Gasteiger partial charge in [-0.2, -0.15) is 0 Å². The summed E-state index contributed by atoms with van der Waals surface area (Å²) in [5.41, 5.74) is -1.59. The van der Waals surface area contributed by atoms with Crippen molar-refractivity contribution in [1.29, 1.82) is 0 Å². The minimum atomic E-state index is -3.17. The van der Waals surface area contributed by atoms with Gasteiger partial charge < -0.3 is 0 Å². The first-order valence-corrected chi connectivity index (χ1v) is 6.54. The molecule has 0 unspecified atom stereocenters. The molecule has 0 bridgehead atoms. The van der Waals surface area contributed by atoms with E-state index in [4.69, 9.17) is 0 Å². The smallest absolute Gasteiger partial charge is 0.180 e. The molecular weight excluding hydrogens is 273 g/mol. The van der Waals surface area contributed by atoms with Crippen LogP contribution in [0.2, 0.25) is 0 Å². The highest BCUT2D eigenvalue weighted by atomic mass is 79.9. The fourth-order valence-electron chi connectivity index (χ4n) is 1.44. The molecule has 76 valence electrons. The van der Waals surface area contributed by atoms with Crippen LogP contribution >= 0.6 is 15.9 Å². The maximum Gasteiger partial charge on any atom is 0.180 e. The van der Waals surface area contributed by atoms with Crippen molar-refractivity contribution in [2.75, 3.05) is 11.5 Å². The van der Waals surface area contributed by atoms with Crippen molar-refractivity contribution in [2.24, 2.45) is 0 Å². The van der Waals surface area contributed by atoms with Crippen molar-refractivity contribution in [3.8, 4) is 0 Å². The monoisotopic (exact) mass is 279 g/mol. The summed E-state index contributed by atoms with van der Waals surface area (Å²) in [7, 11) is -3.17. The zero-order valence-electron chi connectivity index (χ0n) is 7.07. The van der Waals surface area contributed by atoms with E-state index in [9.17, 15) is 12.8 Å². The molecule has 0 aromatic carbocycles. The SMILES string of the molecule is O=S1(=O)CC(F)(c2ccc(Br)cn2)C1. The van der Waals surface area contributed by atoms with Gasteiger partial charge in [0.25, 0.3) is 0 Å². The van der Waals surface area contributed by atoms with Gasteiger partial charge in [-0.3, -0.25) is 4.98 Å². The number of halogens is 2. The highest BCUT2D eigenvalue weighted by Gasteiger charge is 2.51. The molecule has 0 aliphatic carbocycles. The van der Waals surface area contributed by atoms with Gasteiger partial charge in [0.05, 0.1) is 17.2 Å². The largest absolute Gasteiger partial charge is 0.257 e. The third-order valence-corrected chi connectivity index (χ3v) is 4.35. The molecule has 14 heavy (non-hydrogen) atoms. The van der Waals surface area contributed by atoms with Crippen LogP contribution in [0.3, 0.4) is 0 Å². The lowest BCUT2D eigenvalue weighted by Gasteiger charge is -2.32. The average molecular weight is 280 g/mol. The number of aromatic nitrogens is 1. The number of hydrogen-bond acceptors (Lipinski definition) is 3. The predicted molar refractivity (Wildman–Crippen MR) is 53.4 cm³/mol. The van der Waals surface area contributed by atoms with Crippen LogP contribution in [-0.2, 0) is 15.5 Å². The molecule has 2 rings (SSSR count). The number of pyridine rings is 1. The van der Waals surface area contributed by atoms with Gasteiger partial charge in [-0.25, -0.2) is 12.8 Å². The van der Waals surface area contributed by atoms with E-state index < -0.39 is 27.0 Å². The molecule has 2 heterocycles. The summed E-state index contributed by atoms with van der Waals surface area (Å²) >= 11 is 3.17. The van der Waals surface area contributed by atoms with E-state index in [1.807, 2.05) is 0 Å². The van der Waals surface area contributed by atoms with Gasteiger partial charge in [-0.15, -0.1) is 0 Å². The van der Waals surface area contributed by atoms with E-state index >= 15 is 0 Å². The number of rotatable bonds is 1. The van der Waals surface area contributed by atoms with E-state index in [1.165, 1.54) is 12.3 Å². The Kier molecular flexibility index (Phi) is 2.15. The Morgan fingerprint density at radius 3 is 2.50 bits per heavy atom. The second-order valence-electron chi connectivity index (χ2n) is 3.36. The molecule has 3 nitrogen and oxygen atoms in total. The van der Waals surface area contributed by atoms with E-state index in [2.05, 4.69) is 20.9 Å². The summed E-state index contributed by atoms with van der Waals surface area (Å²) in [5.74, 6) is -0.900. The Morgan fingerprint density at radius 1 is 1.43 bits per heavy atom. The second kappa shape index (κ2) is 3.00. The molecule has 1 fully saturated rings. The second-order valence-corrected chi connectivity index (χ2v) is 6.34. The lowest BCUT2D eigenvalue weighted by atomic mass is 10.1. The van der Waals surface area contributed by atoms with Gasteiger partial charge >= 0.3 is 0 Å². The Labute approximate surface area is 89.4 Å². The van der Waals surface area contributed by atoms with Gasteiger partial charge in [0.1, 0.15) is 0 Å². The Bertz CT molecular complexity index is 445. The molecule has 0 saturated carbocycles. The first-order chi connectivity index (χ1) is 6.41. The quantitative estimate of drug-likeness (QED) is 0.782. The van der Waals surface area contributed by atoms with Crippen LogP contribution < -0.4 is 0 Å². The van der Waals surface area contributed by atoms with Crippen molar-refractivity contribution < 1.29 is 12.8 Å². The number of nitrogens with zero attached hydrogens (tertiary/aromatic N) is 1. The number of hydrogen-bond donors (Lipinski definition) is 0. The third-order valence-electron chi connectivity index (χ3n) is 2.08. The van der Waals surface area contributed by atoms with Crippen molar-refractivity contribution in [2.45, 2.75) is 5.67 Å². The predicted octanol–water partition coefficient (Wildman–Crippen LogP) is 1.44. The van der Waals surface area contributed by atoms with Gasteiger partial charge in [-0.05, 0) is 28.1 Å². The molecule has 6 heteroatoms. The summed E-state index contributed by atoms with van der Waals surface area (Å²) in [5, 5.41) is 0. The van der Waals surface area contributed by atoms with Crippen LogP contribution in [0.5, 0.6) is 0 Å². The molecule has 1 aromatic rings. The molecule has 0 atom stereocenters. The molecule has 0 N–H and O–H groups in total. The summed E-state index contributed by atoms with van der Waals surface area (Å²) in [6.07, 6.45) is 1.46. The molecule has 0 amide bonds.